The summed E-state index contributed by atoms with van der Waals surface area (Å²) in [6.45, 7) is 9.05. The topological polar surface area (TPSA) is 78.9 Å². The van der Waals surface area contributed by atoms with Gasteiger partial charge >= 0.3 is 17.9 Å². The number of carbonyl (C=O) groups excluding carboxylic acids is 3. The van der Waals surface area contributed by atoms with E-state index in [9.17, 15) is 14.4 Å². The van der Waals surface area contributed by atoms with Crippen molar-refractivity contribution in [2.24, 2.45) is 5.92 Å². The lowest BCUT2D eigenvalue weighted by molar-refractivity contribution is -0.167. The van der Waals surface area contributed by atoms with E-state index in [-0.39, 0.29) is 31.1 Å². The Morgan fingerprint density at radius 3 is 0.778 bits per heavy atom. The molecule has 0 radical (unpaired) electrons. The summed E-state index contributed by atoms with van der Waals surface area (Å²) in [5.74, 6) is -0.0123. The Hall–Kier alpha value is -1.59. The van der Waals surface area contributed by atoms with Crippen molar-refractivity contribution in [3.8, 4) is 0 Å². The maximum absolute atomic E-state index is 12.8. The van der Waals surface area contributed by atoms with E-state index in [1.807, 2.05) is 0 Å². The first-order valence-corrected chi connectivity index (χ1v) is 28.4. The van der Waals surface area contributed by atoms with Crippen LogP contribution in [0.4, 0.5) is 0 Å². The van der Waals surface area contributed by atoms with Crippen LogP contribution in [-0.4, -0.2) is 37.2 Å². The molecule has 0 aliphatic heterocycles. The Kier molecular flexibility index (Phi) is 50.1. The van der Waals surface area contributed by atoms with Crippen molar-refractivity contribution in [3.05, 3.63) is 0 Å². The Morgan fingerprint density at radius 1 is 0.302 bits per heavy atom. The van der Waals surface area contributed by atoms with Gasteiger partial charge in [0.05, 0.1) is 0 Å². The van der Waals surface area contributed by atoms with E-state index in [2.05, 4.69) is 27.7 Å². The highest BCUT2D eigenvalue weighted by atomic mass is 16.6. The SMILES string of the molecule is CCCCCCCCCCCCCCCCCCCC(=O)OC[C@@H](COC(=O)CCCCCCCCCCCCCCCC)OC(=O)CCCCCCCCCCCCCC(C)C. The zero-order valence-electron chi connectivity index (χ0n) is 43.0. The number of hydrogen-bond donors (Lipinski definition) is 0. The fourth-order valence-corrected chi connectivity index (χ4v) is 8.75. The molecule has 0 rings (SSSR count). The Balaban J connectivity index is 4.29. The third-order valence-electron chi connectivity index (χ3n) is 13.0. The van der Waals surface area contributed by atoms with Gasteiger partial charge in [0.15, 0.2) is 6.10 Å². The van der Waals surface area contributed by atoms with Crippen LogP contribution in [0.5, 0.6) is 0 Å². The highest BCUT2D eigenvalue weighted by Crippen LogP contribution is 2.18. The molecule has 0 aromatic rings. The zero-order chi connectivity index (χ0) is 45.9. The lowest BCUT2D eigenvalue weighted by Crippen LogP contribution is -2.30. The van der Waals surface area contributed by atoms with Crippen molar-refractivity contribution in [2.75, 3.05) is 13.2 Å². The van der Waals surface area contributed by atoms with Crippen LogP contribution in [0, 0.1) is 5.92 Å². The molecule has 0 saturated carbocycles. The minimum atomic E-state index is -0.761. The smallest absolute Gasteiger partial charge is 0.306 e. The van der Waals surface area contributed by atoms with Gasteiger partial charge in [-0.25, -0.2) is 0 Å². The van der Waals surface area contributed by atoms with Crippen LogP contribution < -0.4 is 0 Å². The molecule has 0 saturated heterocycles. The normalized spacial score (nSPS) is 12.0. The molecule has 0 aliphatic rings. The fraction of sp³-hybridized carbons (Fsp3) is 0.947. The monoisotopic (exact) mass is 891 g/mol. The van der Waals surface area contributed by atoms with Crippen molar-refractivity contribution in [2.45, 2.75) is 329 Å². The number of ether oxygens (including phenoxy) is 3. The maximum Gasteiger partial charge on any atom is 0.306 e. The molecule has 0 aromatic heterocycles. The highest BCUT2D eigenvalue weighted by molar-refractivity contribution is 5.71. The zero-order valence-corrected chi connectivity index (χ0v) is 43.0. The first-order chi connectivity index (χ1) is 30.9. The van der Waals surface area contributed by atoms with E-state index in [1.165, 1.54) is 218 Å². The third-order valence-corrected chi connectivity index (χ3v) is 13.0. The second-order valence-electron chi connectivity index (χ2n) is 20.1. The average molecular weight is 892 g/mol. The molecule has 63 heavy (non-hydrogen) atoms. The molecule has 0 heterocycles. The fourth-order valence-electron chi connectivity index (χ4n) is 8.75. The summed E-state index contributed by atoms with van der Waals surface area (Å²) in [5, 5.41) is 0. The molecule has 0 N–H and O–H groups in total. The minimum absolute atomic E-state index is 0.0621. The van der Waals surface area contributed by atoms with Gasteiger partial charge in [-0.05, 0) is 25.2 Å². The molecule has 1 atom stereocenters. The summed E-state index contributed by atoms with van der Waals surface area (Å²) >= 11 is 0. The second-order valence-corrected chi connectivity index (χ2v) is 20.1. The van der Waals surface area contributed by atoms with Crippen molar-refractivity contribution < 1.29 is 28.6 Å². The van der Waals surface area contributed by atoms with Crippen LogP contribution in [0.1, 0.15) is 323 Å². The highest BCUT2D eigenvalue weighted by Gasteiger charge is 2.19. The molecule has 0 aliphatic carbocycles. The van der Waals surface area contributed by atoms with Gasteiger partial charge in [-0.3, -0.25) is 14.4 Å². The molecular weight excluding hydrogens is 781 g/mol. The van der Waals surface area contributed by atoms with Crippen LogP contribution >= 0.6 is 0 Å². The van der Waals surface area contributed by atoms with Crippen molar-refractivity contribution in [1.82, 2.24) is 0 Å². The lowest BCUT2D eigenvalue weighted by Gasteiger charge is -2.18. The van der Waals surface area contributed by atoms with Gasteiger partial charge in [-0.2, -0.15) is 0 Å². The summed E-state index contributed by atoms with van der Waals surface area (Å²) in [6, 6.07) is 0. The number of rotatable bonds is 52. The summed E-state index contributed by atoms with van der Waals surface area (Å²) in [7, 11) is 0. The lowest BCUT2D eigenvalue weighted by atomic mass is 10.0. The largest absolute Gasteiger partial charge is 0.462 e. The molecule has 0 amide bonds. The number of hydrogen-bond acceptors (Lipinski definition) is 6. The van der Waals surface area contributed by atoms with Gasteiger partial charge in [0.25, 0.3) is 0 Å². The molecule has 0 spiro atoms. The van der Waals surface area contributed by atoms with Gasteiger partial charge < -0.3 is 14.2 Å². The standard InChI is InChI=1S/C57H110O6/c1-5-7-9-11-13-15-17-19-21-22-23-25-29-33-37-41-45-49-56(59)62-52-54(63-57(60)50-46-42-38-34-30-26-27-31-35-39-43-47-53(3)4)51-61-55(58)48-44-40-36-32-28-24-20-18-16-14-12-10-8-6-2/h53-54H,5-52H2,1-4H3/t54-/m1/s1. The van der Waals surface area contributed by atoms with Gasteiger partial charge in [0.2, 0.25) is 0 Å². The molecule has 0 aromatic carbocycles. The van der Waals surface area contributed by atoms with E-state index in [0.717, 1.165) is 63.7 Å². The molecule has 6 nitrogen and oxygen atoms in total. The van der Waals surface area contributed by atoms with Crippen LogP contribution in [0.15, 0.2) is 0 Å². The Bertz CT molecular complexity index is 949. The molecule has 0 fully saturated rings. The van der Waals surface area contributed by atoms with Crippen LogP contribution in [-0.2, 0) is 28.6 Å². The van der Waals surface area contributed by atoms with Crippen molar-refractivity contribution in [3.63, 3.8) is 0 Å². The van der Waals surface area contributed by atoms with E-state index in [4.69, 9.17) is 14.2 Å². The average Bonchev–Trinajstić information content (AvgIpc) is 3.27. The molecule has 6 heteroatoms. The Labute approximate surface area is 393 Å². The Morgan fingerprint density at radius 2 is 0.524 bits per heavy atom. The van der Waals surface area contributed by atoms with Gasteiger partial charge in [-0.15, -0.1) is 0 Å². The van der Waals surface area contributed by atoms with Gasteiger partial charge in [-0.1, -0.05) is 285 Å². The molecule has 0 unspecified atom stereocenters. The predicted molar refractivity (Wildman–Crippen MR) is 270 cm³/mol. The van der Waals surface area contributed by atoms with E-state index >= 15 is 0 Å². The van der Waals surface area contributed by atoms with Crippen molar-refractivity contribution in [1.29, 1.82) is 0 Å². The van der Waals surface area contributed by atoms with E-state index < -0.39 is 6.10 Å². The predicted octanol–water partition coefficient (Wildman–Crippen LogP) is 18.6. The van der Waals surface area contributed by atoms with E-state index in [0.29, 0.717) is 19.3 Å². The molecule has 0 bridgehead atoms. The summed E-state index contributed by atoms with van der Waals surface area (Å²) in [6.07, 6.45) is 55.2. The second kappa shape index (κ2) is 51.4. The van der Waals surface area contributed by atoms with Crippen molar-refractivity contribution >= 4 is 17.9 Å². The van der Waals surface area contributed by atoms with Crippen LogP contribution in [0.2, 0.25) is 0 Å². The number of unbranched alkanes of at least 4 members (excludes halogenated alkanes) is 39. The van der Waals surface area contributed by atoms with E-state index in [1.54, 1.807) is 0 Å². The number of carbonyl (C=O) groups is 3. The third kappa shape index (κ3) is 51.3. The van der Waals surface area contributed by atoms with Crippen LogP contribution in [0.25, 0.3) is 0 Å². The first-order valence-electron chi connectivity index (χ1n) is 28.4. The molecule has 374 valence electrons. The summed E-state index contributed by atoms with van der Waals surface area (Å²) in [4.78, 5) is 38.1. The quantitative estimate of drug-likeness (QED) is 0.0344. The van der Waals surface area contributed by atoms with Gasteiger partial charge in [0, 0.05) is 19.3 Å². The first kappa shape index (κ1) is 61.4. The minimum Gasteiger partial charge on any atom is -0.462 e. The van der Waals surface area contributed by atoms with Gasteiger partial charge in [0.1, 0.15) is 13.2 Å². The number of esters is 3. The summed E-state index contributed by atoms with van der Waals surface area (Å²) < 4.78 is 16.9. The molecular formula is C57H110O6. The maximum atomic E-state index is 12.8. The summed E-state index contributed by atoms with van der Waals surface area (Å²) in [5.41, 5.74) is 0. The van der Waals surface area contributed by atoms with Crippen LogP contribution in [0.3, 0.4) is 0 Å².